The lowest BCUT2D eigenvalue weighted by atomic mass is 9.99. The van der Waals surface area contributed by atoms with Gasteiger partial charge < -0.3 is 45.4 Å². The Bertz CT molecular complexity index is 971. The molecule has 1 rings (SSSR count). The number of aliphatic hydroxyl groups is 6. The monoisotopic (exact) mass is 754 g/mol. The van der Waals surface area contributed by atoms with Crippen LogP contribution in [-0.2, 0) is 14.3 Å². The summed E-state index contributed by atoms with van der Waals surface area (Å²) in [5.41, 5.74) is 1.36. The van der Waals surface area contributed by atoms with E-state index in [2.05, 4.69) is 32.2 Å². The average molecular weight is 754 g/mol. The van der Waals surface area contributed by atoms with Crippen molar-refractivity contribution in [1.29, 1.82) is 0 Å². The molecule has 8 atom stereocenters. The molecule has 310 valence electrons. The fourth-order valence-electron chi connectivity index (χ4n) is 6.57. The molecule has 0 bridgehead atoms. The van der Waals surface area contributed by atoms with Gasteiger partial charge in [-0.25, -0.2) is 0 Å². The average Bonchev–Trinajstić information content (AvgIpc) is 3.15. The molecule has 10 nitrogen and oxygen atoms in total. The van der Waals surface area contributed by atoms with E-state index in [4.69, 9.17) is 9.47 Å². The van der Waals surface area contributed by atoms with Gasteiger partial charge in [0, 0.05) is 0 Å². The number of aliphatic hydroxyl groups excluding tert-OH is 6. The second-order valence-corrected chi connectivity index (χ2v) is 15.1. The summed E-state index contributed by atoms with van der Waals surface area (Å²) in [7, 11) is 0. The Hall–Kier alpha value is -1.63. The summed E-state index contributed by atoms with van der Waals surface area (Å²) in [6.45, 7) is 5.68. The molecule has 1 aliphatic heterocycles. The van der Waals surface area contributed by atoms with E-state index < -0.39 is 61.5 Å². The van der Waals surface area contributed by atoms with Crippen molar-refractivity contribution < 1.29 is 44.9 Å². The van der Waals surface area contributed by atoms with Gasteiger partial charge in [0.05, 0.1) is 25.4 Å². The number of unbranched alkanes of at least 4 members (excludes halogenated alkanes) is 19. The van der Waals surface area contributed by atoms with Crippen molar-refractivity contribution in [1.82, 2.24) is 5.32 Å². The highest BCUT2D eigenvalue weighted by Gasteiger charge is 2.44. The second-order valence-electron chi connectivity index (χ2n) is 15.1. The van der Waals surface area contributed by atoms with Gasteiger partial charge in [0.25, 0.3) is 5.91 Å². The van der Waals surface area contributed by atoms with Crippen LogP contribution in [0.2, 0.25) is 0 Å². The quantitative estimate of drug-likeness (QED) is 0.0274. The zero-order chi connectivity index (χ0) is 39.1. The molecule has 1 aliphatic rings. The lowest BCUT2D eigenvalue weighted by Gasteiger charge is -2.40. The predicted molar refractivity (Wildman–Crippen MR) is 213 cm³/mol. The number of allylic oxidation sites excluding steroid dienone is 4. The third-order valence-corrected chi connectivity index (χ3v) is 10.2. The van der Waals surface area contributed by atoms with Gasteiger partial charge in [-0.05, 0) is 45.4 Å². The Kier molecular flexibility index (Phi) is 30.4. The first-order valence-corrected chi connectivity index (χ1v) is 21.2. The van der Waals surface area contributed by atoms with Crippen LogP contribution in [0.5, 0.6) is 0 Å². The SMILES string of the molecule is CCCCCCCCCCCCC=C[C@H](O)C(=O)N[C@H](CO[C@@H]1O[C@H](CO)[C@@H](O)[C@H](O)[C@H]1O)[C@@H](O)C=CCCC=C(C)CCCCCCCCCCC. The van der Waals surface area contributed by atoms with Crippen LogP contribution in [0.25, 0.3) is 0 Å². The summed E-state index contributed by atoms with van der Waals surface area (Å²) in [6.07, 6.45) is 26.3. The predicted octanol–water partition coefficient (Wildman–Crippen LogP) is 7.08. The van der Waals surface area contributed by atoms with Gasteiger partial charge in [-0.15, -0.1) is 0 Å². The second kappa shape index (κ2) is 32.6. The zero-order valence-corrected chi connectivity index (χ0v) is 33.6. The summed E-state index contributed by atoms with van der Waals surface area (Å²) in [6, 6.07) is -1.03. The Morgan fingerprint density at radius 3 is 1.79 bits per heavy atom. The number of ether oxygens (including phenoxy) is 2. The summed E-state index contributed by atoms with van der Waals surface area (Å²) >= 11 is 0. The molecule has 10 heteroatoms. The molecule has 0 spiro atoms. The number of hydrogen-bond acceptors (Lipinski definition) is 9. The van der Waals surface area contributed by atoms with Crippen LogP contribution in [0, 0.1) is 0 Å². The van der Waals surface area contributed by atoms with E-state index in [1.807, 2.05) is 6.08 Å². The van der Waals surface area contributed by atoms with E-state index in [9.17, 15) is 35.4 Å². The van der Waals surface area contributed by atoms with E-state index in [0.717, 1.165) is 32.1 Å². The van der Waals surface area contributed by atoms with Crippen LogP contribution >= 0.6 is 0 Å². The van der Waals surface area contributed by atoms with Crippen LogP contribution in [0.3, 0.4) is 0 Å². The first-order valence-electron chi connectivity index (χ1n) is 21.2. The summed E-state index contributed by atoms with van der Waals surface area (Å²) in [5, 5.41) is 64.4. The minimum absolute atomic E-state index is 0.341. The number of amides is 1. The molecule has 1 fully saturated rings. The molecule has 1 heterocycles. The highest BCUT2D eigenvalue weighted by atomic mass is 16.7. The Morgan fingerprint density at radius 2 is 1.23 bits per heavy atom. The zero-order valence-electron chi connectivity index (χ0n) is 33.6. The molecule has 53 heavy (non-hydrogen) atoms. The summed E-state index contributed by atoms with van der Waals surface area (Å²) < 4.78 is 11.1. The molecule has 0 aromatic heterocycles. The highest BCUT2D eigenvalue weighted by molar-refractivity contribution is 5.82. The van der Waals surface area contributed by atoms with Crippen molar-refractivity contribution in [3.05, 3.63) is 36.0 Å². The van der Waals surface area contributed by atoms with E-state index in [-0.39, 0.29) is 6.61 Å². The van der Waals surface area contributed by atoms with Crippen molar-refractivity contribution in [3.8, 4) is 0 Å². The maximum atomic E-state index is 13.0. The standard InChI is InChI=1S/C43H79NO9/c1-4-6-8-10-12-14-15-16-18-20-22-26-31-37(47)42(51)44-35(33-52-43-41(50)40(49)39(48)38(32-45)53-43)36(46)30-27-23-25-29-34(3)28-24-21-19-17-13-11-9-7-5-2/h26-27,29-31,35-41,43,45-50H,4-25,28,32-33H2,1-3H3,(H,44,51)/t35-,36+,37+,38-,39-,40+,41-,43-/m1/s1. The molecule has 0 aromatic rings. The largest absolute Gasteiger partial charge is 0.394 e. The molecule has 1 saturated heterocycles. The minimum atomic E-state index is -1.62. The van der Waals surface area contributed by atoms with Crippen molar-refractivity contribution in [2.75, 3.05) is 13.2 Å². The Balaban J connectivity index is 2.60. The third kappa shape index (κ3) is 23.8. The molecule has 0 radical (unpaired) electrons. The van der Waals surface area contributed by atoms with E-state index >= 15 is 0 Å². The number of carbonyl (C=O) groups is 1. The maximum Gasteiger partial charge on any atom is 0.253 e. The van der Waals surface area contributed by atoms with Crippen molar-refractivity contribution in [3.63, 3.8) is 0 Å². The molecule has 1 amide bonds. The van der Waals surface area contributed by atoms with E-state index in [1.54, 1.807) is 12.2 Å². The van der Waals surface area contributed by atoms with Gasteiger partial charge in [0.1, 0.15) is 24.4 Å². The normalized spacial score (nSPS) is 22.8. The Labute approximate surface area is 322 Å². The molecular weight excluding hydrogens is 674 g/mol. The fraction of sp³-hybridized carbons (Fsp3) is 0.837. The van der Waals surface area contributed by atoms with Crippen LogP contribution in [0.1, 0.15) is 168 Å². The van der Waals surface area contributed by atoms with E-state index in [0.29, 0.717) is 6.42 Å². The minimum Gasteiger partial charge on any atom is -0.394 e. The van der Waals surface area contributed by atoms with Crippen LogP contribution in [0.15, 0.2) is 36.0 Å². The maximum absolute atomic E-state index is 13.0. The smallest absolute Gasteiger partial charge is 0.253 e. The molecule has 0 unspecified atom stereocenters. The van der Waals surface area contributed by atoms with Crippen molar-refractivity contribution in [2.24, 2.45) is 0 Å². The number of nitrogens with one attached hydrogen (secondary N) is 1. The molecule has 0 aliphatic carbocycles. The lowest BCUT2D eigenvalue weighted by molar-refractivity contribution is -0.302. The van der Waals surface area contributed by atoms with Gasteiger partial charge in [0.15, 0.2) is 12.4 Å². The third-order valence-electron chi connectivity index (χ3n) is 10.2. The van der Waals surface area contributed by atoms with E-state index in [1.165, 1.54) is 121 Å². The van der Waals surface area contributed by atoms with Gasteiger partial charge >= 0.3 is 0 Å². The van der Waals surface area contributed by atoms with Gasteiger partial charge in [-0.1, -0.05) is 159 Å². The Morgan fingerprint density at radius 1 is 0.698 bits per heavy atom. The molecule has 7 N–H and O–H groups in total. The highest BCUT2D eigenvalue weighted by Crippen LogP contribution is 2.22. The summed E-state index contributed by atoms with van der Waals surface area (Å²) in [5.74, 6) is -0.714. The topological polar surface area (TPSA) is 169 Å². The lowest BCUT2D eigenvalue weighted by Crippen LogP contribution is -2.60. The number of carbonyl (C=O) groups excluding carboxylic acids is 1. The van der Waals surface area contributed by atoms with Crippen molar-refractivity contribution in [2.45, 2.75) is 217 Å². The number of hydrogen-bond donors (Lipinski definition) is 7. The van der Waals surface area contributed by atoms with Crippen molar-refractivity contribution >= 4 is 5.91 Å². The summed E-state index contributed by atoms with van der Waals surface area (Å²) in [4.78, 5) is 13.0. The van der Waals surface area contributed by atoms with Crippen LogP contribution in [-0.4, -0.2) is 98.7 Å². The molecule has 0 saturated carbocycles. The van der Waals surface area contributed by atoms with Gasteiger partial charge in [-0.2, -0.15) is 0 Å². The van der Waals surface area contributed by atoms with Gasteiger partial charge in [0.2, 0.25) is 0 Å². The molecular formula is C43H79NO9. The molecule has 0 aromatic carbocycles. The number of rotatable bonds is 33. The fourth-order valence-corrected chi connectivity index (χ4v) is 6.57. The first-order chi connectivity index (χ1) is 25.7. The van der Waals surface area contributed by atoms with Gasteiger partial charge in [-0.3, -0.25) is 4.79 Å². The van der Waals surface area contributed by atoms with Crippen LogP contribution < -0.4 is 5.32 Å². The van der Waals surface area contributed by atoms with Crippen LogP contribution in [0.4, 0.5) is 0 Å². The first kappa shape index (κ1) is 49.4.